The van der Waals surface area contributed by atoms with Crippen LogP contribution in [-0.2, 0) is 23.9 Å². The molecule has 0 unspecified atom stereocenters. The van der Waals surface area contributed by atoms with Crippen molar-refractivity contribution in [2.24, 2.45) is 5.73 Å². The van der Waals surface area contributed by atoms with Gasteiger partial charge in [-0.15, -0.1) is 11.8 Å². The van der Waals surface area contributed by atoms with Crippen molar-refractivity contribution in [3.8, 4) is 0 Å². The number of carboxylic acids is 2. The molecule has 1 saturated heterocycles. The molecule has 5 N–H and O–H groups in total. The zero-order valence-electron chi connectivity index (χ0n) is 13.5. The smallest absolute Gasteiger partial charge is 0.404 e. The summed E-state index contributed by atoms with van der Waals surface area (Å²) in [5.41, 5.74) is 4.82. The van der Waals surface area contributed by atoms with Gasteiger partial charge in [0.15, 0.2) is 0 Å². The van der Waals surface area contributed by atoms with Gasteiger partial charge in [-0.25, -0.2) is 9.59 Å². The number of primary amides is 1. The van der Waals surface area contributed by atoms with Crippen LogP contribution in [0.4, 0.5) is 4.79 Å². The molecule has 142 valence electrons. The molecule has 0 aromatic heterocycles. The molecule has 0 aromatic rings. The van der Waals surface area contributed by atoms with E-state index in [1.165, 1.54) is 11.8 Å². The summed E-state index contributed by atoms with van der Waals surface area (Å²) >= 11 is 1.22. The first-order valence-corrected chi connectivity index (χ1v) is 8.60. The molecule has 0 radical (unpaired) electrons. The predicted octanol–water partition coefficient (Wildman–Crippen LogP) is -0.925. The van der Waals surface area contributed by atoms with Gasteiger partial charge in [0.05, 0.1) is 0 Å². The third-order valence-corrected chi connectivity index (χ3v) is 5.09. The molecule has 11 nitrogen and oxygen atoms in total. The number of nitrogens with one attached hydrogen (secondary N) is 1. The van der Waals surface area contributed by atoms with Crippen molar-refractivity contribution in [2.75, 3.05) is 12.4 Å². The lowest BCUT2D eigenvalue weighted by Gasteiger charge is -2.49. The molecule has 0 spiro atoms. The first kappa shape index (κ1) is 19.6. The number of aliphatic carboxylic acids is 2. The summed E-state index contributed by atoms with van der Waals surface area (Å²) in [4.78, 5) is 57.8. The van der Waals surface area contributed by atoms with Crippen LogP contribution in [0.2, 0.25) is 0 Å². The van der Waals surface area contributed by atoms with E-state index in [4.69, 9.17) is 10.8 Å². The van der Waals surface area contributed by atoms with Crippen molar-refractivity contribution in [1.82, 2.24) is 10.2 Å². The second kappa shape index (κ2) is 8.08. The van der Waals surface area contributed by atoms with Gasteiger partial charge in [-0.2, -0.15) is 0 Å². The molecule has 2 heterocycles. The van der Waals surface area contributed by atoms with Crippen LogP contribution >= 0.6 is 11.8 Å². The first-order valence-electron chi connectivity index (χ1n) is 7.55. The molecule has 0 aliphatic carbocycles. The topological polar surface area (TPSA) is 176 Å². The normalized spacial score (nSPS) is 21.5. The zero-order chi connectivity index (χ0) is 19.4. The number of amides is 3. The lowest BCUT2D eigenvalue weighted by molar-refractivity contribution is -0.150. The highest BCUT2D eigenvalue weighted by molar-refractivity contribution is 8.00. The van der Waals surface area contributed by atoms with Crippen molar-refractivity contribution in [3.05, 3.63) is 11.3 Å². The fourth-order valence-corrected chi connectivity index (χ4v) is 3.93. The summed E-state index contributed by atoms with van der Waals surface area (Å²) in [5.74, 6) is -3.25. The van der Waals surface area contributed by atoms with Crippen LogP contribution in [0.5, 0.6) is 0 Å². The summed E-state index contributed by atoms with van der Waals surface area (Å²) < 4.78 is 4.61. The Labute approximate surface area is 151 Å². The van der Waals surface area contributed by atoms with E-state index in [0.29, 0.717) is 0 Å². The molecule has 26 heavy (non-hydrogen) atoms. The Kier molecular flexibility index (Phi) is 6.08. The van der Waals surface area contributed by atoms with Crippen LogP contribution in [-0.4, -0.2) is 68.7 Å². The highest BCUT2D eigenvalue weighted by atomic mass is 32.2. The minimum Gasteiger partial charge on any atom is -0.481 e. The first-order chi connectivity index (χ1) is 12.2. The number of β-lactam (4-membered cyclic amide) rings is 1. The Morgan fingerprint density at radius 3 is 2.54 bits per heavy atom. The SMILES string of the molecule is NC(=O)OCC1=C(C(=O)O)N2C(=O)[C@@H](NC(=O)CCCC(=O)O)[C@H]2SC1. The lowest BCUT2D eigenvalue weighted by Crippen LogP contribution is -2.70. The molecular formula is C14H17N3O8S. The third kappa shape index (κ3) is 4.25. The average Bonchev–Trinajstić information content (AvgIpc) is 2.56. The van der Waals surface area contributed by atoms with Crippen molar-refractivity contribution in [2.45, 2.75) is 30.7 Å². The van der Waals surface area contributed by atoms with Crippen molar-refractivity contribution >= 4 is 41.6 Å². The van der Waals surface area contributed by atoms with E-state index in [2.05, 4.69) is 10.1 Å². The summed E-state index contributed by atoms with van der Waals surface area (Å²) in [7, 11) is 0. The molecule has 1 fully saturated rings. The van der Waals surface area contributed by atoms with Gasteiger partial charge in [0.25, 0.3) is 5.91 Å². The minimum atomic E-state index is -1.35. The standard InChI is InChI=1S/C14H17N3O8S/c15-14(24)25-4-6-5-26-12-9(11(21)17(12)10(6)13(22)23)16-7(18)2-1-3-8(19)20/h9,12H,1-5H2,(H2,15,24)(H,16,18)(H,19,20)(H,22,23)/t9-,12-/m1/s1. The second-order valence-electron chi connectivity index (χ2n) is 5.57. The number of nitrogens with zero attached hydrogens (tertiary/aromatic N) is 1. The Bertz CT molecular complexity index is 692. The molecule has 0 bridgehead atoms. The van der Waals surface area contributed by atoms with E-state index < -0.39 is 41.3 Å². The van der Waals surface area contributed by atoms with Crippen LogP contribution in [0.15, 0.2) is 11.3 Å². The Morgan fingerprint density at radius 1 is 1.27 bits per heavy atom. The number of thioether (sulfide) groups is 1. The number of ether oxygens (including phenoxy) is 1. The number of rotatable bonds is 8. The third-order valence-electron chi connectivity index (χ3n) is 3.75. The second-order valence-corrected chi connectivity index (χ2v) is 6.67. The maximum absolute atomic E-state index is 12.3. The van der Waals surface area contributed by atoms with Crippen LogP contribution < -0.4 is 11.1 Å². The van der Waals surface area contributed by atoms with Crippen molar-refractivity contribution in [3.63, 3.8) is 0 Å². The molecular weight excluding hydrogens is 370 g/mol. The number of hydrogen-bond acceptors (Lipinski definition) is 7. The zero-order valence-corrected chi connectivity index (χ0v) is 14.3. The van der Waals surface area contributed by atoms with Gasteiger partial charge < -0.3 is 26.0 Å². The molecule has 12 heteroatoms. The predicted molar refractivity (Wildman–Crippen MR) is 86.7 cm³/mol. The van der Waals surface area contributed by atoms with Crippen LogP contribution in [0.3, 0.4) is 0 Å². The Morgan fingerprint density at radius 2 is 1.96 bits per heavy atom. The van der Waals surface area contributed by atoms with E-state index in [9.17, 15) is 29.1 Å². The number of carbonyl (C=O) groups is 5. The maximum Gasteiger partial charge on any atom is 0.404 e. The lowest BCUT2D eigenvalue weighted by atomic mass is 10.0. The van der Waals surface area contributed by atoms with Gasteiger partial charge in [0.1, 0.15) is 23.7 Å². The summed E-state index contributed by atoms with van der Waals surface area (Å²) in [6.07, 6.45) is -1.13. The van der Waals surface area contributed by atoms with Gasteiger partial charge in [0.2, 0.25) is 5.91 Å². The molecule has 2 rings (SSSR count). The van der Waals surface area contributed by atoms with E-state index in [1.54, 1.807) is 0 Å². The highest BCUT2D eigenvalue weighted by Crippen LogP contribution is 2.40. The van der Waals surface area contributed by atoms with Crippen LogP contribution in [0.1, 0.15) is 19.3 Å². The molecule has 0 aromatic carbocycles. The fourth-order valence-electron chi connectivity index (χ4n) is 2.60. The molecule has 2 aliphatic heterocycles. The average molecular weight is 387 g/mol. The van der Waals surface area contributed by atoms with Crippen molar-refractivity contribution in [1.29, 1.82) is 0 Å². The quantitative estimate of drug-likeness (QED) is 0.383. The highest BCUT2D eigenvalue weighted by Gasteiger charge is 2.54. The number of carbonyl (C=O) groups excluding carboxylic acids is 3. The fraction of sp³-hybridized carbons (Fsp3) is 0.500. The van der Waals surface area contributed by atoms with Gasteiger partial charge in [0, 0.05) is 24.2 Å². The number of carboxylic acid groups (broad SMARTS) is 2. The van der Waals surface area contributed by atoms with E-state index in [1.807, 2.05) is 0 Å². The molecule has 2 atom stereocenters. The molecule has 2 aliphatic rings. The van der Waals surface area contributed by atoms with Crippen LogP contribution in [0, 0.1) is 0 Å². The molecule has 3 amide bonds. The number of nitrogens with two attached hydrogens (primary N) is 1. The summed E-state index contributed by atoms with van der Waals surface area (Å²) in [5, 5.41) is 19.8. The van der Waals surface area contributed by atoms with Gasteiger partial charge in [-0.1, -0.05) is 0 Å². The van der Waals surface area contributed by atoms with Gasteiger partial charge >= 0.3 is 18.0 Å². The van der Waals surface area contributed by atoms with Crippen LogP contribution in [0.25, 0.3) is 0 Å². The maximum atomic E-state index is 12.3. The summed E-state index contributed by atoms with van der Waals surface area (Å²) in [6, 6.07) is -0.884. The minimum absolute atomic E-state index is 0.0488. The largest absolute Gasteiger partial charge is 0.481 e. The van der Waals surface area contributed by atoms with E-state index >= 15 is 0 Å². The monoisotopic (exact) mass is 387 g/mol. The van der Waals surface area contributed by atoms with E-state index in [-0.39, 0.29) is 42.9 Å². The Hall–Kier alpha value is -2.76. The van der Waals surface area contributed by atoms with E-state index in [0.717, 1.165) is 4.90 Å². The number of hydrogen-bond donors (Lipinski definition) is 4. The van der Waals surface area contributed by atoms with Crippen molar-refractivity contribution < 1.29 is 38.9 Å². The van der Waals surface area contributed by atoms with Gasteiger partial charge in [-0.05, 0) is 6.42 Å². The molecule has 0 saturated carbocycles. The number of fused-ring (bicyclic) bond motifs is 1. The summed E-state index contributed by atoms with van der Waals surface area (Å²) in [6.45, 7) is -0.341. The van der Waals surface area contributed by atoms with Gasteiger partial charge in [-0.3, -0.25) is 19.3 Å². The Balaban J connectivity index is 2.02.